The Morgan fingerprint density at radius 1 is 1.16 bits per heavy atom. The molecule has 0 saturated carbocycles. The Balaban J connectivity index is 1.57. The fourth-order valence-electron chi connectivity index (χ4n) is 5.10. The summed E-state index contributed by atoms with van der Waals surface area (Å²) in [4.78, 5) is 41.1. The summed E-state index contributed by atoms with van der Waals surface area (Å²) in [5, 5.41) is 13.4. The highest BCUT2D eigenvalue weighted by molar-refractivity contribution is 7.80. The van der Waals surface area contributed by atoms with Crippen molar-refractivity contribution >= 4 is 58.2 Å². The quantitative estimate of drug-likeness (QED) is 0.270. The number of aromatic nitrogens is 1. The topological polar surface area (TPSA) is 91.6 Å². The first kappa shape index (κ1) is 25.1. The molecule has 0 unspecified atom stereocenters. The average molecular weight is 534 g/mol. The first-order valence-corrected chi connectivity index (χ1v) is 13.5. The number of thiocarbonyl (C=S) groups is 1. The molecule has 2 aliphatic rings. The minimum atomic E-state index is -0.929. The van der Waals surface area contributed by atoms with Crippen LogP contribution in [-0.2, 0) is 28.9 Å². The van der Waals surface area contributed by atoms with Gasteiger partial charge < -0.3 is 9.67 Å². The number of thiophene rings is 1. The molecule has 2 N–H and O–H groups in total. The number of nitrogens with zero attached hydrogens (tertiary/aromatic N) is 2. The third-order valence-corrected chi connectivity index (χ3v) is 8.61. The summed E-state index contributed by atoms with van der Waals surface area (Å²) in [7, 11) is 0. The molecule has 5 rings (SSSR count). The van der Waals surface area contributed by atoms with E-state index >= 15 is 0 Å². The Hall–Kier alpha value is -3.56. The second-order valence-electron chi connectivity index (χ2n) is 9.34. The number of hydrogen-bond donors (Lipinski definition) is 2. The molecule has 37 heavy (non-hydrogen) atoms. The first-order valence-electron chi connectivity index (χ1n) is 12.3. The van der Waals surface area contributed by atoms with Gasteiger partial charge in [-0.2, -0.15) is 0 Å². The van der Waals surface area contributed by atoms with Crippen molar-refractivity contribution in [2.75, 3.05) is 4.90 Å². The number of carboxylic acids is 1. The van der Waals surface area contributed by atoms with Crippen molar-refractivity contribution in [2.24, 2.45) is 0 Å². The summed E-state index contributed by atoms with van der Waals surface area (Å²) in [6.45, 7) is 5.83. The maximum Gasteiger partial charge on any atom is 0.339 e. The molecular weight excluding hydrogens is 506 g/mol. The lowest BCUT2D eigenvalue weighted by molar-refractivity contribution is -0.122. The molecule has 0 spiro atoms. The van der Waals surface area contributed by atoms with E-state index in [1.54, 1.807) is 6.08 Å². The molecular formula is C28H27N3O4S2. The summed E-state index contributed by atoms with van der Waals surface area (Å²) in [5.74, 6) is -1.98. The Morgan fingerprint density at radius 2 is 1.86 bits per heavy atom. The summed E-state index contributed by atoms with van der Waals surface area (Å²) in [6.07, 6.45) is 6.14. The van der Waals surface area contributed by atoms with E-state index in [9.17, 15) is 19.5 Å². The van der Waals surface area contributed by atoms with Gasteiger partial charge in [0.1, 0.15) is 10.6 Å². The van der Waals surface area contributed by atoms with Gasteiger partial charge in [0.15, 0.2) is 5.11 Å². The van der Waals surface area contributed by atoms with Crippen LogP contribution in [0.25, 0.3) is 11.1 Å². The Kier molecular flexibility index (Phi) is 6.59. The second-order valence-corrected chi connectivity index (χ2v) is 10.8. The van der Waals surface area contributed by atoms with E-state index in [0.717, 1.165) is 59.5 Å². The molecule has 1 aliphatic heterocycles. The van der Waals surface area contributed by atoms with Crippen LogP contribution in [0.4, 0.5) is 5.69 Å². The molecule has 0 radical (unpaired) electrons. The van der Waals surface area contributed by atoms with Crippen molar-refractivity contribution in [2.45, 2.75) is 52.9 Å². The zero-order chi connectivity index (χ0) is 26.4. The van der Waals surface area contributed by atoms with E-state index in [0.29, 0.717) is 21.8 Å². The number of nitrogens with one attached hydrogen (secondary N) is 1. The number of benzene rings is 1. The highest BCUT2D eigenvalue weighted by Crippen LogP contribution is 2.39. The Bertz CT molecular complexity index is 1490. The number of amides is 2. The SMILES string of the molecule is CCc1ccc(N2C(=O)/C(=C/c3cc(C)n(-c4sc5c(c4C(=O)O)CCCC5)c3C)C(=O)NC2=S)cc1. The number of rotatable bonds is 5. The molecule has 3 heterocycles. The van der Waals surface area contributed by atoms with Gasteiger partial charge in [-0.1, -0.05) is 19.1 Å². The molecule has 1 aliphatic carbocycles. The van der Waals surface area contributed by atoms with Gasteiger partial charge >= 0.3 is 5.97 Å². The van der Waals surface area contributed by atoms with Gasteiger partial charge in [-0.25, -0.2) is 4.79 Å². The van der Waals surface area contributed by atoms with E-state index in [4.69, 9.17) is 12.2 Å². The van der Waals surface area contributed by atoms with Crippen molar-refractivity contribution in [3.05, 3.63) is 74.4 Å². The van der Waals surface area contributed by atoms with Crippen LogP contribution in [0, 0.1) is 13.8 Å². The molecule has 1 fully saturated rings. The monoisotopic (exact) mass is 533 g/mol. The van der Waals surface area contributed by atoms with Gasteiger partial charge in [0, 0.05) is 16.3 Å². The molecule has 7 nitrogen and oxygen atoms in total. The van der Waals surface area contributed by atoms with Crippen LogP contribution in [0.2, 0.25) is 0 Å². The van der Waals surface area contributed by atoms with E-state index in [2.05, 4.69) is 5.32 Å². The number of fused-ring (bicyclic) bond motifs is 1. The molecule has 2 amide bonds. The first-order chi connectivity index (χ1) is 17.7. The maximum atomic E-state index is 13.5. The molecule has 0 atom stereocenters. The number of aryl methyl sites for hydroxylation is 3. The number of aromatic carboxylic acids is 1. The number of carbonyl (C=O) groups excluding carboxylic acids is 2. The predicted octanol–water partition coefficient (Wildman–Crippen LogP) is 5.13. The van der Waals surface area contributed by atoms with Crippen LogP contribution in [0.3, 0.4) is 0 Å². The summed E-state index contributed by atoms with van der Waals surface area (Å²) < 4.78 is 1.93. The smallest absolute Gasteiger partial charge is 0.339 e. The lowest BCUT2D eigenvalue weighted by Crippen LogP contribution is -2.54. The van der Waals surface area contributed by atoms with Gasteiger partial charge in [0.25, 0.3) is 11.8 Å². The average Bonchev–Trinajstić information content (AvgIpc) is 3.38. The van der Waals surface area contributed by atoms with Crippen LogP contribution in [-0.4, -0.2) is 32.6 Å². The molecule has 3 aromatic rings. The predicted molar refractivity (Wildman–Crippen MR) is 149 cm³/mol. The Morgan fingerprint density at radius 3 is 2.54 bits per heavy atom. The Labute approximate surface area is 224 Å². The fourth-order valence-corrected chi connectivity index (χ4v) is 6.88. The molecule has 1 saturated heterocycles. The molecule has 9 heteroatoms. The minimum absolute atomic E-state index is 0.0302. The fraction of sp³-hybridized carbons (Fsp3) is 0.286. The van der Waals surface area contributed by atoms with Crippen molar-refractivity contribution in [3.8, 4) is 5.00 Å². The third-order valence-electron chi connectivity index (χ3n) is 7.04. The van der Waals surface area contributed by atoms with Crippen LogP contribution in [0.1, 0.15) is 63.1 Å². The standard InChI is InChI=1S/C28H27N3O4S2/c1-4-17-9-11-19(12-10-17)31-25(33)21(24(32)29-28(31)36)14-18-13-15(2)30(16(18)3)26-23(27(34)35)20-7-5-6-8-22(20)37-26/h9-14H,4-8H2,1-3H3,(H,34,35)(H,29,32,36)/b21-14+. The second kappa shape index (κ2) is 9.72. The van der Waals surface area contributed by atoms with Crippen molar-refractivity contribution in [1.82, 2.24) is 9.88 Å². The van der Waals surface area contributed by atoms with Crippen LogP contribution in [0.5, 0.6) is 0 Å². The van der Waals surface area contributed by atoms with E-state index in [1.165, 1.54) is 16.2 Å². The van der Waals surface area contributed by atoms with Crippen molar-refractivity contribution < 1.29 is 19.5 Å². The van der Waals surface area contributed by atoms with Gasteiger partial charge in [-0.15, -0.1) is 11.3 Å². The van der Waals surface area contributed by atoms with Crippen LogP contribution < -0.4 is 10.2 Å². The highest BCUT2D eigenvalue weighted by Gasteiger charge is 2.35. The van der Waals surface area contributed by atoms with Gasteiger partial charge in [-0.3, -0.25) is 19.8 Å². The highest BCUT2D eigenvalue weighted by atomic mass is 32.1. The third kappa shape index (κ3) is 4.32. The number of anilines is 1. The summed E-state index contributed by atoms with van der Waals surface area (Å²) >= 11 is 6.85. The zero-order valence-corrected chi connectivity index (χ0v) is 22.5. The number of carboxylic acid groups (broad SMARTS) is 1. The van der Waals surface area contributed by atoms with Gasteiger partial charge in [0.2, 0.25) is 0 Å². The lowest BCUT2D eigenvalue weighted by Gasteiger charge is -2.29. The van der Waals surface area contributed by atoms with E-state index in [1.807, 2.05) is 55.7 Å². The minimum Gasteiger partial charge on any atom is -0.478 e. The molecule has 190 valence electrons. The molecule has 0 bridgehead atoms. The van der Waals surface area contributed by atoms with Crippen LogP contribution in [0.15, 0.2) is 35.9 Å². The molecule has 2 aromatic heterocycles. The van der Waals surface area contributed by atoms with Gasteiger partial charge in [0.05, 0.1) is 11.3 Å². The van der Waals surface area contributed by atoms with Crippen molar-refractivity contribution in [1.29, 1.82) is 0 Å². The lowest BCUT2D eigenvalue weighted by atomic mass is 9.95. The largest absolute Gasteiger partial charge is 0.478 e. The normalized spacial score (nSPS) is 16.8. The summed E-state index contributed by atoms with van der Waals surface area (Å²) in [6, 6.07) is 9.37. The zero-order valence-electron chi connectivity index (χ0n) is 20.9. The summed E-state index contributed by atoms with van der Waals surface area (Å²) in [5.41, 5.74) is 5.24. The van der Waals surface area contributed by atoms with Crippen LogP contribution >= 0.6 is 23.6 Å². The van der Waals surface area contributed by atoms with E-state index < -0.39 is 17.8 Å². The van der Waals surface area contributed by atoms with E-state index in [-0.39, 0.29) is 10.7 Å². The number of hydrogen-bond acceptors (Lipinski definition) is 5. The van der Waals surface area contributed by atoms with Gasteiger partial charge in [-0.05, 0) is 99.1 Å². The maximum absolute atomic E-state index is 13.5. The molecule has 1 aromatic carbocycles. The number of carbonyl (C=O) groups is 3. The van der Waals surface area contributed by atoms with Crippen molar-refractivity contribution in [3.63, 3.8) is 0 Å².